The zero-order chi connectivity index (χ0) is 24.5. The fourth-order valence-electron chi connectivity index (χ4n) is 3.88. The van der Waals surface area contributed by atoms with Gasteiger partial charge in [0.05, 0.1) is 24.6 Å². The van der Waals surface area contributed by atoms with Gasteiger partial charge in [0.25, 0.3) is 0 Å². The van der Waals surface area contributed by atoms with E-state index in [4.69, 9.17) is 9.47 Å². The van der Waals surface area contributed by atoms with Gasteiger partial charge in [-0.3, -0.25) is 9.59 Å². The van der Waals surface area contributed by atoms with Crippen LogP contribution in [0.4, 0.5) is 4.39 Å². The SMILES string of the molecule is CCCCNC(=O)CCCc1[nH]c2c(OCCC)ccc(F)c2c(=O)c1-c1ccc(OC)cc1. The molecule has 0 aliphatic carbocycles. The lowest BCUT2D eigenvalue weighted by atomic mass is 9.97. The first-order valence-corrected chi connectivity index (χ1v) is 11.9. The van der Waals surface area contributed by atoms with Gasteiger partial charge in [0.1, 0.15) is 17.3 Å². The molecule has 1 aromatic heterocycles. The molecule has 0 spiro atoms. The van der Waals surface area contributed by atoms with E-state index in [1.165, 1.54) is 6.07 Å². The van der Waals surface area contributed by atoms with Crippen molar-refractivity contribution in [2.45, 2.75) is 52.4 Å². The Kier molecular flexibility index (Phi) is 9.08. The number of fused-ring (bicyclic) bond motifs is 1. The summed E-state index contributed by atoms with van der Waals surface area (Å²) in [6.07, 6.45) is 4.09. The van der Waals surface area contributed by atoms with Crippen LogP contribution >= 0.6 is 0 Å². The second-order valence-electron chi connectivity index (χ2n) is 8.24. The smallest absolute Gasteiger partial charge is 0.220 e. The van der Waals surface area contributed by atoms with Crippen molar-refractivity contribution in [3.05, 3.63) is 58.1 Å². The van der Waals surface area contributed by atoms with Crippen molar-refractivity contribution < 1.29 is 18.7 Å². The first-order valence-electron chi connectivity index (χ1n) is 11.9. The third-order valence-corrected chi connectivity index (χ3v) is 5.67. The molecule has 6 nitrogen and oxygen atoms in total. The molecule has 0 radical (unpaired) electrons. The summed E-state index contributed by atoms with van der Waals surface area (Å²) in [5.74, 6) is 0.486. The van der Waals surface area contributed by atoms with Gasteiger partial charge in [-0.25, -0.2) is 4.39 Å². The molecule has 0 aliphatic heterocycles. The fourth-order valence-corrected chi connectivity index (χ4v) is 3.88. The molecular formula is C27H33FN2O4. The van der Waals surface area contributed by atoms with E-state index in [0.717, 1.165) is 19.3 Å². The largest absolute Gasteiger partial charge is 0.497 e. The molecular weight excluding hydrogens is 435 g/mol. The first kappa shape index (κ1) is 25.3. The molecule has 0 saturated carbocycles. The number of pyridine rings is 1. The summed E-state index contributed by atoms with van der Waals surface area (Å²) < 4.78 is 25.9. The van der Waals surface area contributed by atoms with E-state index in [9.17, 15) is 14.0 Å². The van der Waals surface area contributed by atoms with Crippen LogP contribution in [-0.2, 0) is 11.2 Å². The number of benzene rings is 2. The van der Waals surface area contributed by atoms with Gasteiger partial charge in [-0.05, 0) is 55.5 Å². The Bertz CT molecular complexity index is 1170. The van der Waals surface area contributed by atoms with Crippen LogP contribution in [-0.4, -0.2) is 31.2 Å². The van der Waals surface area contributed by atoms with Crippen LogP contribution in [0.25, 0.3) is 22.0 Å². The number of ether oxygens (including phenoxy) is 2. The minimum absolute atomic E-state index is 0.0133. The molecule has 2 aromatic carbocycles. The van der Waals surface area contributed by atoms with E-state index in [2.05, 4.69) is 17.2 Å². The number of methoxy groups -OCH3 is 1. The highest BCUT2D eigenvalue weighted by atomic mass is 19.1. The van der Waals surface area contributed by atoms with E-state index in [0.29, 0.717) is 66.3 Å². The van der Waals surface area contributed by atoms with E-state index in [1.807, 2.05) is 6.92 Å². The van der Waals surface area contributed by atoms with E-state index >= 15 is 0 Å². The second kappa shape index (κ2) is 12.2. The Labute approximate surface area is 199 Å². The summed E-state index contributed by atoms with van der Waals surface area (Å²) in [6.45, 7) is 5.17. The molecule has 0 unspecified atom stereocenters. The van der Waals surface area contributed by atoms with Gasteiger partial charge < -0.3 is 19.8 Å². The van der Waals surface area contributed by atoms with E-state index < -0.39 is 11.2 Å². The zero-order valence-corrected chi connectivity index (χ0v) is 20.1. The summed E-state index contributed by atoms with van der Waals surface area (Å²) in [7, 11) is 1.57. The Morgan fingerprint density at radius 3 is 2.50 bits per heavy atom. The van der Waals surface area contributed by atoms with Gasteiger partial charge in [-0.15, -0.1) is 0 Å². The second-order valence-corrected chi connectivity index (χ2v) is 8.24. The average Bonchev–Trinajstić information content (AvgIpc) is 2.84. The van der Waals surface area contributed by atoms with Crippen LogP contribution in [0.5, 0.6) is 11.5 Å². The molecule has 3 aromatic rings. The molecule has 0 bridgehead atoms. The molecule has 34 heavy (non-hydrogen) atoms. The molecule has 1 heterocycles. The Morgan fingerprint density at radius 2 is 1.82 bits per heavy atom. The van der Waals surface area contributed by atoms with E-state index in [1.54, 1.807) is 37.4 Å². The highest BCUT2D eigenvalue weighted by Crippen LogP contribution is 2.30. The Morgan fingerprint density at radius 1 is 1.06 bits per heavy atom. The monoisotopic (exact) mass is 468 g/mol. The summed E-state index contributed by atoms with van der Waals surface area (Å²) >= 11 is 0. The first-order chi connectivity index (χ1) is 16.5. The molecule has 0 aliphatic rings. The van der Waals surface area contributed by atoms with Crippen LogP contribution < -0.4 is 20.2 Å². The number of hydrogen-bond donors (Lipinski definition) is 2. The van der Waals surface area contributed by atoms with Crippen molar-refractivity contribution in [1.29, 1.82) is 0 Å². The predicted octanol–water partition coefficient (Wildman–Crippen LogP) is 5.37. The van der Waals surface area contributed by atoms with Gasteiger partial charge in [0.2, 0.25) is 11.3 Å². The molecule has 2 N–H and O–H groups in total. The standard InChI is InChI=1S/C27H33FN2O4/c1-4-6-16-29-23(31)9-7-8-21-24(18-10-12-19(33-3)13-11-18)27(32)25-20(28)14-15-22(26(25)30-21)34-17-5-2/h10-15H,4-9,16-17H2,1-3H3,(H,29,31)(H,30,32). The lowest BCUT2D eigenvalue weighted by Crippen LogP contribution is -2.24. The van der Waals surface area contributed by atoms with Crippen LogP contribution in [0.15, 0.2) is 41.2 Å². The number of carbonyl (C=O) groups excluding carboxylic acids is 1. The molecule has 0 atom stereocenters. The number of hydrogen-bond acceptors (Lipinski definition) is 4. The number of aromatic amines is 1. The highest BCUT2D eigenvalue weighted by Gasteiger charge is 2.19. The third kappa shape index (κ3) is 5.95. The van der Waals surface area contributed by atoms with Crippen molar-refractivity contribution in [2.24, 2.45) is 0 Å². The molecule has 1 amide bonds. The van der Waals surface area contributed by atoms with Gasteiger partial charge >= 0.3 is 0 Å². The van der Waals surface area contributed by atoms with Crippen LogP contribution in [0.3, 0.4) is 0 Å². The predicted molar refractivity (Wildman–Crippen MR) is 133 cm³/mol. The number of nitrogens with one attached hydrogen (secondary N) is 2. The van der Waals surface area contributed by atoms with Gasteiger partial charge in [-0.2, -0.15) is 0 Å². The summed E-state index contributed by atoms with van der Waals surface area (Å²) in [4.78, 5) is 29.0. The third-order valence-electron chi connectivity index (χ3n) is 5.67. The average molecular weight is 469 g/mol. The van der Waals surface area contributed by atoms with Crippen molar-refractivity contribution >= 4 is 16.8 Å². The number of unbranched alkanes of at least 4 members (excludes halogenated alkanes) is 1. The number of halogens is 1. The van der Waals surface area contributed by atoms with Crippen LogP contribution in [0.1, 0.15) is 51.6 Å². The van der Waals surface area contributed by atoms with Crippen molar-refractivity contribution in [3.63, 3.8) is 0 Å². The number of H-pyrrole nitrogens is 1. The summed E-state index contributed by atoms with van der Waals surface area (Å²) in [5, 5.41) is 2.89. The lowest BCUT2D eigenvalue weighted by Gasteiger charge is -2.15. The topological polar surface area (TPSA) is 80.4 Å². The van der Waals surface area contributed by atoms with Gasteiger partial charge in [-0.1, -0.05) is 32.4 Å². The summed E-state index contributed by atoms with van der Waals surface area (Å²) in [5.41, 5.74) is 1.65. The highest BCUT2D eigenvalue weighted by molar-refractivity contribution is 5.89. The van der Waals surface area contributed by atoms with Crippen molar-refractivity contribution in [2.75, 3.05) is 20.3 Å². The zero-order valence-electron chi connectivity index (χ0n) is 20.1. The molecule has 0 saturated heterocycles. The Hall–Kier alpha value is -3.35. The normalized spacial score (nSPS) is 10.9. The fraction of sp³-hybridized carbons (Fsp3) is 0.407. The van der Waals surface area contributed by atoms with Crippen LogP contribution in [0, 0.1) is 5.82 Å². The number of aromatic nitrogens is 1. The maximum absolute atomic E-state index is 14.9. The maximum Gasteiger partial charge on any atom is 0.220 e. The number of rotatable bonds is 12. The number of amides is 1. The van der Waals surface area contributed by atoms with E-state index in [-0.39, 0.29) is 11.3 Å². The lowest BCUT2D eigenvalue weighted by molar-refractivity contribution is -0.121. The number of aryl methyl sites for hydroxylation is 1. The minimum Gasteiger partial charge on any atom is -0.497 e. The quantitative estimate of drug-likeness (QED) is 0.350. The van der Waals surface area contributed by atoms with Gasteiger partial charge in [0.15, 0.2) is 0 Å². The number of carbonyl (C=O) groups is 1. The Balaban J connectivity index is 2.03. The van der Waals surface area contributed by atoms with Gasteiger partial charge in [0, 0.05) is 24.2 Å². The molecule has 7 heteroatoms. The molecule has 3 rings (SSSR count). The molecule has 0 fully saturated rings. The summed E-state index contributed by atoms with van der Waals surface area (Å²) in [6, 6.07) is 9.90. The van der Waals surface area contributed by atoms with Crippen molar-refractivity contribution in [1.82, 2.24) is 10.3 Å². The van der Waals surface area contributed by atoms with Crippen LogP contribution in [0.2, 0.25) is 0 Å². The minimum atomic E-state index is -0.600. The van der Waals surface area contributed by atoms with Crippen molar-refractivity contribution in [3.8, 4) is 22.6 Å². The maximum atomic E-state index is 14.9. The molecule has 182 valence electrons.